The summed E-state index contributed by atoms with van der Waals surface area (Å²) >= 11 is 3.16. The van der Waals surface area contributed by atoms with E-state index in [1.165, 1.54) is 18.2 Å². The topological polar surface area (TPSA) is 103 Å². The van der Waals surface area contributed by atoms with Crippen molar-refractivity contribution < 1.29 is 36.8 Å². The number of thiophene rings is 1. The van der Waals surface area contributed by atoms with Crippen LogP contribution in [0.2, 0.25) is 0 Å². The predicted molar refractivity (Wildman–Crippen MR) is 166 cm³/mol. The number of likely N-dealkylation sites (tertiary alicyclic amines) is 1. The number of rotatable bonds is 7. The van der Waals surface area contributed by atoms with Gasteiger partial charge < -0.3 is 14.2 Å². The molecule has 46 heavy (non-hydrogen) atoms. The molecule has 0 unspecified atom stereocenters. The molecule has 4 heterocycles. The van der Waals surface area contributed by atoms with Crippen molar-refractivity contribution in [1.82, 2.24) is 15.0 Å². The van der Waals surface area contributed by atoms with Crippen molar-refractivity contribution in [2.45, 2.75) is 38.3 Å². The number of hydrogen-bond acceptors (Lipinski definition) is 9. The first-order chi connectivity index (χ1) is 22.1. The maximum Gasteiger partial charge on any atom is 0.491 e. The molecule has 1 aliphatic rings. The van der Waals surface area contributed by atoms with Crippen LogP contribution in [0.3, 0.4) is 0 Å². The Balaban J connectivity index is 1.18. The molecule has 0 N–H and O–H groups in total. The van der Waals surface area contributed by atoms with Gasteiger partial charge in [-0.2, -0.15) is 13.2 Å². The van der Waals surface area contributed by atoms with Gasteiger partial charge in [0.15, 0.2) is 0 Å². The molecule has 3 aromatic heterocycles. The fourth-order valence-corrected chi connectivity index (χ4v) is 7.06. The van der Waals surface area contributed by atoms with Crippen LogP contribution >= 0.6 is 22.7 Å². The second-order valence-electron chi connectivity index (χ2n) is 10.8. The fourth-order valence-electron chi connectivity index (χ4n) is 5.38. The number of esters is 2. The van der Waals surface area contributed by atoms with Crippen LogP contribution < -0.4 is 0 Å². The average molecular weight is 666 g/mol. The second kappa shape index (κ2) is 13.0. The molecule has 0 radical (unpaired) electrons. The molecule has 13 heteroatoms. The van der Waals surface area contributed by atoms with Gasteiger partial charge in [-0.05, 0) is 60.5 Å². The minimum atomic E-state index is -5.28. The lowest BCUT2D eigenvalue weighted by atomic mass is 9.96. The van der Waals surface area contributed by atoms with Crippen LogP contribution in [-0.2, 0) is 20.7 Å². The van der Waals surface area contributed by atoms with Crippen LogP contribution in [0.1, 0.15) is 44.8 Å². The van der Waals surface area contributed by atoms with E-state index in [2.05, 4.69) is 9.89 Å². The number of carbonyl (C=O) groups excluding carboxylic acids is 3. The quantitative estimate of drug-likeness (QED) is 0.130. The summed E-state index contributed by atoms with van der Waals surface area (Å²) in [4.78, 5) is 44.0. The SMILES string of the molecule is Cc1onc(-c2cccc(-c3cccc(C(=O)OC(=O)C(F)(F)F)c3)c2)c1-c1csc(C2CCN(C(=O)Cc3cccs3)CC2)n1. The van der Waals surface area contributed by atoms with Gasteiger partial charge in [0.25, 0.3) is 0 Å². The Labute approximate surface area is 269 Å². The summed E-state index contributed by atoms with van der Waals surface area (Å²) in [6, 6.07) is 17.0. The number of aryl methyl sites for hydroxylation is 1. The van der Waals surface area contributed by atoms with Crippen molar-refractivity contribution in [3.8, 4) is 33.6 Å². The molecule has 0 spiro atoms. The molecular formula is C33H26F3N3O5S2. The van der Waals surface area contributed by atoms with E-state index in [4.69, 9.17) is 9.51 Å². The van der Waals surface area contributed by atoms with E-state index in [-0.39, 0.29) is 17.4 Å². The summed E-state index contributed by atoms with van der Waals surface area (Å²) in [5.74, 6) is -3.00. The summed E-state index contributed by atoms with van der Waals surface area (Å²) in [7, 11) is 0. The van der Waals surface area contributed by atoms with Gasteiger partial charge in [-0.25, -0.2) is 14.6 Å². The van der Waals surface area contributed by atoms with Crippen molar-refractivity contribution >= 4 is 40.5 Å². The summed E-state index contributed by atoms with van der Waals surface area (Å²) < 4.78 is 47.3. The number of piperidine rings is 1. The lowest BCUT2D eigenvalue weighted by Gasteiger charge is -2.31. The van der Waals surface area contributed by atoms with Gasteiger partial charge in [0, 0.05) is 34.8 Å². The number of nitrogens with zero attached hydrogens (tertiary/aromatic N) is 3. The molecule has 1 amide bonds. The van der Waals surface area contributed by atoms with Crippen LogP contribution in [0.25, 0.3) is 33.6 Å². The van der Waals surface area contributed by atoms with Crippen molar-refractivity contribution in [2.24, 2.45) is 0 Å². The molecule has 6 rings (SSSR count). The number of benzene rings is 2. The van der Waals surface area contributed by atoms with E-state index in [1.807, 2.05) is 46.8 Å². The standard InChI is InChI=1S/C33H26F3N3O5S2/c1-19-28(26-18-46-30(37-26)20-10-12-39(13-11-20)27(40)17-25-9-4-14-45-25)29(38-44-19)23-7-2-5-21(15-23)22-6-3-8-24(16-22)31(41)43-32(42)33(34,35)36/h2-9,14-16,18,20H,10-13,17H2,1H3. The van der Waals surface area contributed by atoms with Crippen molar-refractivity contribution in [2.75, 3.05) is 13.1 Å². The maximum absolute atomic E-state index is 12.7. The summed E-state index contributed by atoms with van der Waals surface area (Å²) in [6.45, 7) is 3.18. The number of hydrogen-bond donors (Lipinski definition) is 0. The Morgan fingerprint density at radius 3 is 2.41 bits per heavy atom. The molecule has 0 bridgehead atoms. The molecular weight excluding hydrogens is 640 g/mol. The van der Waals surface area contributed by atoms with Crippen LogP contribution in [0.5, 0.6) is 0 Å². The van der Waals surface area contributed by atoms with Crippen LogP contribution in [-0.4, -0.2) is 52.2 Å². The van der Waals surface area contributed by atoms with Crippen LogP contribution in [0.15, 0.2) is 75.9 Å². The number of ether oxygens (including phenoxy) is 1. The Hall–Kier alpha value is -4.62. The first kappa shape index (κ1) is 31.4. The Morgan fingerprint density at radius 1 is 0.978 bits per heavy atom. The number of amides is 1. The molecule has 8 nitrogen and oxygen atoms in total. The van der Waals surface area contributed by atoms with Gasteiger partial charge in [0.05, 0.1) is 28.2 Å². The van der Waals surface area contributed by atoms with Gasteiger partial charge >= 0.3 is 18.1 Å². The van der Waals surface area contributed by atoms with Crippen LogP contribution in [0.4, 0.5) is 13.2 Å². The third kappa shape index (κ3) is 6.80. The zero-order valence-corrected chi connectivity index (χ0v) is 26.0. The third-order valence-corrected chi connectivity index (χ3v) is 9.61. The number of aromatic nitrogens is 2. The largest absolute Gasteiger partial charge is 0.491 e. The highest BCUT2D eigenvalue weighted by Crippen LogP contribution is 2.39. The van der Waals surface area contributed by atoms with Crippen molar-refractivity contribution in [3.05, 3.63) is 92.6 Å². The zero-order valence-electron chi connectivity index (χ0n) is 24.4. The van der Waals surface area contributed by atoms with Gasteiger partial charge in [-0.1, -0.05) is 41.6 Å². The first-order valence-electron chi connectivity index (χ1n) is 14.3. The number of alkyl halides is 3. The van der Waals surface area contributed by atoms with E-state index in [1.54, 1.807) is 40.9 Å². The van der Waals surface area contributed by atoms with E-state index in [0.29, 0.717) is 47.7 Å². The predicted octanol–water partition coefficient (Wildman–Crippen LogP) is 7.70. The number of thiazole rings is 1. The summed E-state index contributed by atoms with van der Waals surface area (Å²) in [6.07, 6.45) is -3.19. The normalized spacial score (nSPS) is 14.0. The van der Waals surface area contributed by atoms with Crippen LogP contribution in [0, 0.1) is 6.92 Å². The van der Waals surface area contributed by atoms with E-state index < -0.39 is 18.1 Å². The summed E-state index contributed by atoms with van der Waals surface area (Å²) in [5, 5.41) is 9.26. The Kier molecular flexibility index (Phi) is 8.87. The third-order valence-electron chi connectivity index (χ3n) is 7.73. The number of halogens is 3. The maximum atomic E-state index is 12.7. The van der Waals surface area contributed by atoms with E-state index in [0.717, 1.165) is 34.0 Å². The lowest BCUT2D eigenvalue weighted by Crippen LogP contribution is -2.38. The first-order valence-corrected chi connectivity index (χ1v) is 16.1. The Bertz CT molecular complexity index is 1890. The van der Waals surface area contributed by atoms with E-state index >= 15 is 0 Å². The number of carbonyl (C=O) groups is 3. The van der Waals surface area contributed by atoms with Gasteiger partial charge in [-0.3, -0.25) is 4.79 Å². The summed E-state index contributed by atoms with van der Waals surface area (Å²) in [5.41, 5.74) is 3.72. The van der Waals surface area contributed by atoms with Crippen molar-refractivity contribution in [1.29, 1.82) is 0 Å². The lowest BCUT2D eigenvalue weighted by molar-refractivity contribution is -0.193. The highest BCUT2D eigenvalue weighted by molar-refractivity contribution is 7.10. The molecule has 0 aliphatic carbocycles. The molecule has 1 saturated heterocycles. The highest BCUT2D eigenvalue weighted by Gasteiger charge is 2.42. The molecule has 236 valence electrons. The van der Waals surface area contributed by atoms with Crippen molar-refractivity contribution in [3.63, 3.8) is 0 Å². The molecule has 0 saturated carbocycles. The molecule has 5 aromatic rings. The molecule has 1 fully saturated rings. The molecule has 0 atom stereocenters. The zero-order chi connectivity index (χ0) is 32.4. The van der Waals surface area contributed by atoms with Gasteiger partial charge in [0.1, 0.15) is 11.5 Å². The molecule has 2 aromatic carbocycles. The minimum Gasteiger partial charge on any atom is -0.383 e. The Morgan fingerprint density at radius 2 is 1.70 bits per heavy atom. The smallest absolute Gasteiger partial charge is 0.383 e. The highest BCUT2D eigenvalue weighted by atomic mass is 32.1. The fraction of sp³-hybridized carbons (Fsp3) is 0.242. The van der Waals surface area contributed by atoms with E-state index in [9.17, 15) is 27.6 Å². The monoisotopic (exact) mass is 665 g/mol. The molecule has 1 aliphatic heterocycles. The minimum absolute atomic E-state index is 0.149. The average Bonchev–Trinajstić information content (AvgIpc) is 3.82. The van der Waals surface area contributed by atoms with Gasteiger partial charge in [0.2, 0.25) is 5.91 Å². The van der Waals surface area contributed by atoms with Gasteiger partial charge in [-0.15, -0.1) is 22.7 Å². The second-order valence-corrected chi connectivity index (χ2v) is 12.7.